The largest absolute Gasteiger partial charge is 0.379 e. The molecule has 1 aliphatic heterocycles. The highest BCUT2D eigenvalue weighted by molar-refractivity contribution is 5.94. The van der Waals surface area contributed by atoms with Gasteiger partial charge in [0.1, 0.15) is 5.82 Å². The summed E-state index contributed by atoms with van der Waals surface area (Å²) in [6.07, 6.45) is 1.51. The van der Waals surface area contributed by atoms with E-state index in [4.69, 9.17) is 10.6 Å². The Morgan fingerprint density at radius 1 is 1.50 bits per heavy atom. The van der Waals surface area contributed by atoms with E-state index in [1.165, 1.54) is 6.20 Å². The predicted molar refractivity (Wildman–Crippen MR) is 76.2 cm³/mol. The molecule has 1 atom stereocenters. The lowest BCUT2D eigenvalue weighted by Crippen LogP contribution is -2.46. The highest BCUT2D eigenvalue weighted by Crippen LogP contribution is 2.04. The fraction of sp³-hybridized carbons (Fsp3) is 0.538. The Morgan fingerprint density at radius 3 is 2.85 bits per heavy atom. The summed E-state index contributed by atoms with van der Waals surface area (Å²) in [5, 5.41) is 2.97. The molecule has 1 aromatic heterocycles. The van der Waals surface area contributed by atoms with Gasteiger partial charge in [0.2, 0.25) is 0 Å². The van der Waals surface area contributed by atoms with Gasteiger partial charge >= 0.3 is 0 Å². The maximum Gasteiger partial charge on any atom is 0.253 e. The van der Waals surface area contributed by atoms with Crippen molar-refractivity contribution in [2.75, 3.05) is 38.3 Å². The molecule has 1 amide bonds. The number of hydrogen-bond donors (Lipinski definition) is 3. The third-order valence-corrected chi connectivity index (χ3v) is 3.19. The number of hydrogen-bond acceptors (Lipinski definition) is 6. The number of amides is 1. The van der Waals surface area contributed by atoms with Crippen molar-refractivity contribution in [2.24, 2.45) is 5.84 Å². The van der Waals surface area contributed by atoms with Gasteiger partial charge in [-0.15, -0.1) is 0 Å². The van der Waals surface area contributed by atoms with Crippen molar-refractivity contribution in [1.82, 2.24) is 15.2 Å². The molecule has 1 fully saturated rings. The molecule has 1 saturated heterocycles. The Balaban J connectivity index is 1.82. The molecule has 20 heavy (non-hydrogen) atoms. The van der Waals surface area contributed by atoms with Crippen LogP contribution >= 0.6 is 0 Å². The van der Waals surface area contributed by atoms with Crippen molar-refractivity contribution in [1.29, 1.82) is 0 Å². The number of nitrogens with zero attached hydrogens (tertiary/aromatic N) is 2. The van der Waals surface area contributed by atoms with E-state index < -0.39 is 0 Å². The van der Waals surface area contributed by atoms with Gasteiger partial charge in [-0.2, -0.15) is 0 Å². The van der Waals surface area contributed by atoms with Crippen LogP contribution in [0, 0.1) is 0 Å². The first-order chi connectivity index (χ1) is 9.69. The topological polar surface area (TPSA) is 92.5 Å². The van der Waals surface area contributed by atoms with Crippen LogP contribution in [0.2, 0.25) is 0 Å². The molecular formula is C13H21N5O2. The number of hydrazine groups is 1. The van der Waals surface area contributed by atoms with E-state index in [0.29, 0.717) is 11.4 Å². The molecule has 110 valence electrons. The van der Waals surface area contributed by atoms with Crippen molar-refractivity contribution in [3.8, 4) is 0 Å². The van der Waals surface area contributed by atoms with Crippen LogP contribution < -0.4 is 16.6 Å². The number of pyridine rings is 1. The van der Waals surface area contributed by atoms with Gasteiger partial charge in [-0.05, 0) is 19.1 Å². The number of nitrogens with one attached hydrogen (secondary N) is 2. The Labute approximate surface area is 118 Å². The molecule has 0 saturated carbocycles. The number of ether oxygens (including phenoxy) is 1. The highest BCUT2D eigenvalue weighted by atomic mass is 16.5. The number of carbonyl (C=O) groups excluding carboxylic acids is 1. The SMILES string of the molecule is CC(CN1CCOCC1)NC(=O)c1ccc(NN)nc1. The van der Waals surface area contributed by atoms with Gasteiger partial charge in [0.25, 0.3) is 5.91 Å². The van der Waals surface area contributed by atoms with Gasteiger partial charge in [-0.25, -0.2) is 10.8 Å². The number of rotatable bonds is 5. The van der Waals surface area contributed by atoms with E-state index in [9.17, 15) is 4.79 Å². The molecule has 7 nitrogen and oxygen atoms in total. The van der Waals surface area contributed by atoms with Crippen LogP contribution in [0.4, 0.5) is 5.82 Å². The number of aromatic nitrogens is 1. The zero-order valence-corrected chi connectivity index (χ0v) is 11.6. The van der Waals surface area contributed by atoms with E-state index in [2.05, 4.69) is 20.6 Å². The second kappa shape index (κ2) is 7.18. The Morgan fingerprint density at radius 2 is 2.25 bits per heavy atom. The van der Waals surface area contributed by atoms with E-state index in [1.54, 1.807) is 12.1 Å². The van der Waals surface area contributed by atoms with Gasteiger partial charge in [-0.1, -0.05) is 0 Å². The number of anilines is 1. The maximum atomic E-state index is 12.1. The summed E-state index contributed by atoms with van der Waals surface area (Å²) in [6, 6.07) is 3.44. The monoisotopic (exact) mass is 279 g/mol. The first kappa shape index (κ1) is 14.7. The van der Waals surface area contributed by atoms with Crippen molar-refractivity contribution in [3.05, 3.63) is 23.9 Å². The molecule has 1 aromatic rings. The normalized spacial score (nSPS) is 17.5. The van der Waals surface area contributed by atoms with Crippen LogP contribution in [0.5, 0.6) is 0 Å². The molecule has 0 radical (unpaired) electrons. The standard InChI is InChI=1S/C13H21N5O2/c1-10(9-18-4-6-20-7-5-18)16-13(19)11-2-3-12(17-14)15-8-11/h2-3,8,10H,4-7,9,14H2,1H3,(H,15,17)(H,16,19). The highest BCUT2D eigenvalue weighted by Gasteiger charge is 2.16. The van der Waals surface area contributed by atoms with E-state index in [1.807, 2.05) is 6.92 Å². The first-order valence-electron chi connectivity index (χ1n) is 6.72. The fourth-order valence-electron chi connectivity index (χ4n) is 2.14. The third kappa shape index (κ3) is 4.16. The van der Waals surface area contributed by atoms with Gasteiger partial charge in [-0.3, -0.25) is 9.69 Å². The van der Waals surface area contributed by atoms with Gasteiger partial charge in [0, 0.05) is 31.9 Å². The summed E-state index contributed by atoms with van der Waals surface area (Å²) >= 11 is 0. The molecule has 4 N–H and O–H groups in total. The number of nitrogen functional groups attached to an aromatic ring is 1. The quantitative estimate of drug-likeness (QED) is 0.511. The van der Waals surface area contributed by atoms with Gasteiger partial charge in [0.05, 0.1) is 18.8 Å². The zero-order chi connectivity index (χ0) is 14.4. The first-order valence-corrected chi connectivity index (χ1v) is 6.72. The molecule has 0 aromatic carbocycles. The number of nitrogens with two attached hydrogens (primary N) is 1. The predicted octanol–water partition coefficient (Wildman–Crippen LogP) is -0.182. The molecule has 0 bridgehead atoms. The van der Waals surface area contributed by atoms with Crippen LogP contribution in [0.25, 0.3) is 0 Å². The molecule has 0 aliphatic carbocycles. The van der Waals surface area contributed by atoms with Crippen LogP contribution in [0.3, 0.4) is 0 Å². The van der Waals surface area contributed by atoms with Crippen LogP contribution in [-0.4, -0.2) is 54.7 Å². The third-order valence-electron chi connectivity index (χ3n) is 3.19. The Bertz CT molecular complexity index is 431. The Hall–Kier alpha value is -1.70. The van der Waals surface area contributed by atoms with E-state index in [-0.39, 0.29) is 11.9 Å². The summed E-state index contributed by atoms with van der Waals surface area (Å²) in [5.41, 5.74) is 2.95. The van der Waals surface area contributed by atoms with Crippen molar-refractivity contribution in [3.63, 3.8) is 0 Å². The number of morpholine rings is 1. The molecule has 7 heteroatoms. The van der Waals surface area contributed by atoms with E-state index in [0.717, 1.165) is 32.8 Å². The van der Waals surface area contributed by atoms with Crippen LogP contribution in [-0.2, 0) is 4.74 Å². The second-order valence-corrected chi connectivity index (χ2v) is 4.86. The smallest absolute Gasteiger partial charge is 0.253 e. The minimum Gasteiger partial charge on any atom is -0.379 e. The molecule has 2 heterocycles. The molecule has 0 spiro atoms. The zero-order valence-electron chi connectivity index (χ0n) is 11.6. The average molecular weight is 279 g/mol. The van der Waals surface area contributed by atoms with Gasteiger partial charge in [0.15, 0.2) is 0 Å². The lowest BCUT2D eigenvalue weighted by molar-refractivity contribution is 0.0342. The number of carbonyl (C=O) groups is 1. The lowest BCUT2D eigenvalue weighted by atomic mass is 10.2. The van der Waals surface area contributed by atoms with Crippen molar-refractivity contribution >= 4 is 11.7 Å². The van der Waals surface area contributed by atoms with Crippen LogP contribution in [0.15, 0.2) is 18.3 Å². The van der Waals surface area contributed by atoms with E-state index >= 15 is 0 Å². The lowest BCUT2D eigenvalue weighted by Gasteiger charge is -2.29. The molecule has 2 rings (SSSR count). The molecule has 1 aliphatic rings. The minimum atomic E-state index is -0.123. The summed E-state index contributed by atoms with van der Waals surface area (Å²) in [4.78, 5) is 18.4. The maximum absolute atomic E-state index is 12.1. The van der Waals surface area contributed by atoms with Gasteiger partial charge < -0.3 is 15.5 Å². The second-order valence-electron chi connectivity index (χ2n) is 4.86. The fourth-order valence-corrected chi connectivity index (χ4v) is 2.14. The molecular weight excluding hydrogens is 258 g/mol. The van der Waals surface area contributed by atoms with Crippen LogP contribution in [0.1, 0.15) is 17.3 Å². The summed E-state index contributed by atoms with van der Waals surface area (Å²) in [6.45, 7) is 6.18. The average Bonchev–Trinajstić information content (AvgIpc) is 2.48. The Kier molecular flexibility index (Phi) is 5.28. The van der Waals surface area contributed by atoms with Crippen molar-refractivity contribution in [2.45, 2.75) is 13.0 Å². The summed E-state index contributed by atoms with van der Waals surface area (Å²) in [5.74, 6) is 5.64. The summed E-state index contributed by atoms with van der Waals surface area (Å²) in [7, 11) is 0. The molecule has 1 unspecified atom stereocenters. The van der Waals surface area contributed by atoms with Crippen molar-refractivity contribution < 1.29 is 9.53 Å². The summed E-state index contributed by atoms with van der Waals surface area (Å²) < 4.78 is 5.30. The minimum absolute atomic E-state index is 0.0768.